The summed E-state index contributed by atoms with van der Waals surface area (Å²) in [5.74, 6) is 0.435. The van der Waals surface area contributed by atoms with Crippen LogP contribution >= 0.6 is 24.0 Å². The van der Waals surface area contributed by atoms with E-state index in [0.29, 0.717) is 13.1 Å². The second kappa shape index (κ2) is 23.3. The van der Waals surface area contributed by atoms with Gasteiger partial charge in [0, 0.05) is 18.8 Å². The molecule has 0 amide bonds. The van der Waals surface area contributed by atoms with Crippen LogP contribution in [0.15, 0.2) is 0 Å². The van der Waals surface area contributed by atoms with Crippen molar-refractivity contribution in [1.82, 2.24) is 4.90 Å². The van der Waals surface area contributed by atoms with Gasteiger partial charge in [-0.25, -0.2) is 0 Å². The number of thiocarbonyl (C=S) groups is 1. The zero-order valence-electron chi connectivity index (χ0n) is 20.8. The zero-order chi connectivity index (χ0) is 23.9. The fourth-order valence-corrected chi connectivity index (χ4v) is 4.82. The average Bonchev–Trinajstić information content (AvgIpc) is 2.80. The quantitative estimate of drug-likeness (QED) is 0.0985. The lowest BCUT2D eigenvalue weighted by atomic mass is 10.0. The predicted molar refractivity (Wildman–Crippen MR) is 140 cm³/mol. The van der Waals surface area contributed by atoms with Crippen molar-refractivity contribution in [2.24, 2.45) is 0 Å². The highest BCUT2D eigenvalue weighted by atomic mass is 32.2. The van der Waals surface area contributed by atoms with E-state index in [0.717, 1.165) is 16.5 Å². The minimum Gasteiger partial charge on any atom is -0.469 e. The Morgan fingerprint density at radius 3 is 1.44 bits per heavy atom. The zero-order valence-corrected chi connectivity index (χ0v) is 22.5. The Morgan fingerprint density at radius 2 is 1.06 bits per heavy atom. The SMILES string of the molecule is CCCCCCCCCCCCCCCCSC(=S)N(CCC(=O)OC)CCC(=O)OC. The third-order valence-corrected chi connectivity index (χ3v) is 7.22. The smallest absolute Gasteiger partial charge is 0.307 e. The van der Waals surface area contributed by atoms with Gasteiger partial charge in [0.05, 0.1) is 27.1 Å². The summed E-state index contributed by atoms with van der Waals surface area (Å²) in [5.41, 5.74) is 0. The summed E-state index contributed by atoms with van der Waals surface area (Å²) >= 11 is 7.18. The van der Waals surface area contributed by atoms with E-state index in [2.05, 4.69) is 6.92 Å². The molecule has 0 fully saturated rings. The van der Waals surface area contributed by atoms with Gasteiger partial charge in [-0.3, -0.25) is 9.59 Å². The average molecular weight is 490 g/mol. The first kappa shape index (κ1) is 31.2. The molecule has 0 saturated heterocycles. The van der Waals surface area contributed by atoms with Crippen LogP contribution in [0.25, 0.3) is 0 Å². The largest absolute Gasteiger partial charge is 0.469 e. The number of thioether (sulfide) groups is 1. The molecule has 188 valence electrons. The molecule has 0 heterocycles. The fourth-order valence-electron chi connectivity index (χ4n) is 3.50. The summed E-state index contributed by atoms with van der Waals surface area (Å²) in [6.07, 6.45) is 19.4. The van der Waals surface area contributed by atoms with E-state index in [1.165, 1.54) is 97.7 Å². The van der Waals surface area contributed by atoms with Gasteiger partial charge in [0.2, 0.25) is 0 Å². The number of carbonyl (C=O) groups is 2. The van der Waals surface area contributed by atoms with Crippen molar-refractivity contribution in [2.45, 2.75) is 110 Å². The molecule has 0 radical (unpaired) electrons. The lowest BCUT2D eigenvalue weighted by Gasteiger charge is -2.24. The summed E-state index contributed by atoms with van der Waals surface area (Å²) in [4.78, 5) is 24.8. The number of ether oxygens (including phenoxy) is 2. The molecule has 0 aromatic carbocycles. The van der Waals surface area contributed by atoms with Gasteiger partial charge in [0.1, 0.15) is 4.32 Å². The Morgan fingerprint density at radius 1 is 0.688 bits per heavy atom. The van der Waals surface area contributed by atoms with Crippen molar-refractivity contribution in [1.29, 1.82) is 0 Å². The van der Waals surface area contributed by atoms with Gasteiger partial charge >= 0.3 is 11.9 Å². The molecule has 5 nitrogen and oxygen atoms in total. The molecule has 0 bridgehead atoms. The van der Waals surface area contributed by atoms with Crippen LogP contribution in [0.4, 0.5) is 0 Å². The molecular weight excluding hydrogens is 442 g/mol. The van der Waals surface area contributed by atoms with Crippen LogP contribution in [0, 0.1) is 0 Å². The van der Waals surface area contributed by atoms with Crippen molar-refractivity contribution >= 4 is 40.2 Å². The summed E-state index contributed by atoms with van der Waals surface area (Å²) in [6, 6.07) is 0. The summed E-state index contributed by atoms with van der Waals surface area (Å²) in [7, 11) is 2.76. The number of hydrogen-bond acceptors (Lipinski definition) is 6. The number of hydrogen-bond donors (Lipinski definition) is 0. The lowest BCUT2D eigenvalue weighted by molar-refractivity contribution is -0.140. The van der Waals surface area contributed by atoms with E-state index >= 15 is 0 Å². The minimum absolute atomic E-state index is 0.261. The van der Waals surface area contributed by atoms with Crippen LogP contribution in [0.5, 0.6) is 0 Å². The molecule has 0 atom stereocenters. The van der Waals surface area contributed by atoms with Gasteiger partial charge < -0.3 is 14.4 Å². The van der Waals surface area contributed by atoms with Crippen molar-refractivity contribution in [3.8, 4) is 0 Å². The van der Waals surface area contributed by atoms with E-state index in [-0.39, 0.29) is 24.8 Å². The van der Waals surface area contributed by atoms with Gasteiger partial charge in [-0.2, -0.15) is 0 Å². The first-order valence-corrected chi connectivity index (χ1v) is 14.0. The molecular formula is C25H47NO4S2. The van der Waals surface area contributed by atoms with Crippen molar-refractivity contribution < 1.29 is 19.1 Å². The number of unbranched alkanes of at least 4 members (excludes halogenated alkanes) is 13. The van der Waals surface area contributed by atoms with Crippen LogP contribution in [0.3, 0.4) is 0 Å². The second-order valence-corrected chi connectivity index (χ2v) is 10.1. The topological polar surface area (TPSA) is 55.8 Å². The molecule has 0 N–H and O–H groups in total. The fraction of sp³-hybridized carbons (Fsp3) is 0.880. The molecule has 0 aliphatic rings. The van der Waals surface area contributed by atoms with Crippen LogP contribution in [0.2, 0.25) is 0 Å². The number of nitrogens with zero attached hydrogens (tertiary/aromatic N) is 1. The minimum atomic E-state index is -0.271. The van der Waals surface area contributed by atoms with Crippen molar-refractivity contribution in [3.63, 3.8) is 0 Å². The number of rotatable bonds is 21. The van der Waals surface area contributed by atoms with Crippen molar-refractivity contribution in [3.05, 3.63) is 0 Å². The molecule has 0 saturated carbocycles. The predicted octanol–water partition coefficient (Wildman–Crippen LogP) is 6.91. The third-order valence-electron chi connectivity index (χ3n) is 5.61. The van der Waals surface area contributed by atoms with E-state index in [9.17, 15) is 9.59 Å². The highest BCUT2D eigenvalue weighted by Gasteiger charge is 2.14. The van der Waals surface area contributed by atoms with E-state index in [4.69, 9.17) is 21.7 Å². The Balaban J connectivity index is 3.74. The lowest BCUT2D eigenvalue weighted by Crippen LogP contribution is -2.32. The Bertz CT molecular complexity index is 469. The highest BCUT2D eigenvalue weighted by molar-refractivity contribution is 8.22. The Labute approximate surface area is 206 Å². The molecule has 7 heteroatoms. The van der Waals surface area contributed by atoms with Crippen LogP contribution in [-0.2, 0) is 19.1 Å². The van der Waals surface area contributed by atoms with Crippen molar-refractivity contribution in [2.75, 3.05) is 33.1 Å². The number of methoxy groups -OCH3 is 2. The molecule has 32 heavy (non-hydrogen) atoms. The number of carbonyl (C=O) groups excluding carboxylic acids is 2. The standard InChI is InChI=1S/C25H47NO4S2/c1-4-5-6-7-8-9-10-11-12-13-14-15-16-17-22-32-25(31)26(20-18-23(27)29-2)21-19-24(28)30-3/h4-22H2,1-3H3. The van der Waals surface area contributed by atoms with Crippen LogP contribution in [0.1, 0.15) is 110 Å². The molecule has 0 spiro atoms. The Kier molecular flexibility index (Phi) is 22.7. The molecule has 0 aliphatic heterocycles. The van der Waals surface area contributed by atoms with Gasteiger partial charge in [-0.1, -0.05) is 114 Å². The maximum absolute atomic E-state index is 11.5. The highest BCUT2D eigenvalue weighted by Crippen LogP contribution is 2.16. The van der Waals surface area contributed by atoms with E-state index < -0.39 is 0 Å². The summed E-state index contributed by atoms with van der Waals surface area (Å²) in [5, 5.41) is 0. The van der Waals surface area contributed by atoms with Crippen LogP contribution < -0.4 is 0 Å². The third kappa shape index (κ3) is 19.8. The molecule has 0 rings (SSSR count). The summed E-state index contributed by atoms with van der Waals surface area (Å²) in [6.45, 7) is 3.20. The summed E-state index contributed by atoms with van der Waals surface area (Å²) < 4.78 is 10.2. The van der Waals surface area contributed by atoms with Gasteiger partial charge in [0.25, 0.3) is 0 Å². The molecule has 0 aromatic heterocycles. The first-order chi connectivity index (χ1) is 15.5. The maximum Gasteiger partial charge on any atom is 0.307 e. The normalized spacial score (nSPS) is 10.7. The second-order valence-electron chi connectivity index (χ2n) is 8.35. The first-order valence-electron chi connectivity index (χ1n) is 12.6. The van der Waals surface area contributed by atoms with Crippen LogP contribution in [-0.4, -0.2) is 54.2 Å². The maximum atomic E-state index is 11.5. The molecule has 0 unspecified atom stereocenters. The van der Waals surface area contributed by atoms with E-state index in [1.807, 2.05) is 4.90 Å². The monoisotopic (exact) mass is 489 g/mol. The molecule has 0 aromatic rings. The van der Waals surface area contributed by atoms with Gasteiger partial charge in [0.15, 0.2) is 0 Å². The molecule has 0 aliphatic carbocycles. The van der Waals surface area contributed by atoms with Gasteiger partial charge in [-0.05, 0) is 6.42 Å². The van der Waals surface area contributed by atoms with E-state index in [1.54, 1.807) is 11.8 Å². The Hall–Kier alpha value is -0.820. The number of esters is 2. The van der Waals surface area contributed by atoms with Gasteiger partial charge in [-0.15, -0.1) is 0 Å².